The molecule has 102 valence electrons. The molecule has 20 heavy (non-hydrogen) atoms. The van der Waals surface area contributed by atoms with Crippen LogP contribution in [0.15, 0.2) is 41.0 Å². The van der Waals surface area contributed by atoms with Gasteiger partial charge in [0.05, 0.1) is 10.2 Å². The Hall–Kier alpha value is -1.46. The van der Waals surface area contributed by atoms with E-state index in [9.17, 15) is 4.39 Å². The third-order valence-corrected chi connectivity index (χ3v) is 3.76. The maximum atomic E-state index is 13.4. The minimum absolute atomic E-state index is 0.301. The lowest BCUT2D eigenvalue weighted by atomic mass is 10.3. The van der Waals surface area contributed by atoms with Gasteiger partial charge < -0.3 is 0 Å². The molecule has 3 rings (SSSR count). The number of rotatable bonds is 3. The van der Waals surface area contributed by atoms with Crippen LogP contribution in [0, 0.1) is 5.82 Å². The second-order valence-corrected chi connectivity index (χ2v) is 5.48. The van der Waals surface area contributed by atoms with E-state index in [1.165, 1.54) is 6.07 Å². The van der Waals surface area contributed by atoms with Crippen molar-refractivity contribution in [1.29, 1.82) is 0 Å². The van der Waals surface area contributed by atoms with E-state index >= 15 is 0 Å². The SMILES string of the molecule is Fc1ccc(-n2c(CCCl)nc3cccnc32)cc1Br. The molecule has 0 saturated carbocycles. The van der Waals surface area contributed by atoms with Gasteiger partial charge in [0.2, 0.25) is 0 Å². The van der Waals surface area contributed by atoms with Crippen molar-refractivity contribution in [3.63, 3.8) is 0 Å². The molecule has 0 atom stereocenters. The Balaban J connectivity index is 2.26. The maximum Gasteiger partial charge on any atom is 0.164 e. The summed E-state index contributed by atoms with van der Waals surface area (Å²) in [4.78, 5) is 8.90. The van der Waals surface area contributed by atoms with Crippen LogP contribution in [0.4, 0.5) is 4.39 Å². The van der Waals surface area contributed by atoms with Gasteiger partial charge in [-0.05, 0) is 46.3 Å². The van der Waals surface area contributed by atoms with Crippen LogP contribution in [-0.4, -0.2) is 20.4 Å². The first-order chi connectivity index (χ1) is 9.70. The van der Waals surface area contributed by atoms with E-state index < -0.39 is 0 Å². The van der Waals surface area contributed by atoms with E-state index in [-0.39, 0.29) is 5.82 Å². The molecule has 6 heteroatoms. The number of pyridine rings is 1. The van der Waals surface area contributed by atoms with Gasteiger partial charge in [-0.25, -0.2) is 14.4 Å². The summed E-state index contributed by atoms with van der Waals surface area (Å²) in [5, 5.41) is 0. The van der Waals surface area contributed by atoms with Crippen molar-refractivity contribution >= 4 is 38.7 Å². The van der Waals surface area contributed by atoms with Gasteiger partial charge in [-0.15, -0.1) is 11.6 Å². The summed E-state index contributed by atoms with van der Waals surface area (Å²) in [7, 11) is 0. The predicted molar refractivity (Wildman–Crippen MR) is 80.9 cm³/mol. The highest BCUT2D eigenvalue weighted by Crippen LogP contribution is 2.24. The van der Waals surface area contributed by atoms with Crippen LogP contribution in [-0.2, 0) is 6.42 Å². The molecule has 0 unspecified atom stereocenters. The molecule has 2 aromatic heterocycles. The second kappa shape index (κ2) is 5.50. The van der Waals surface area contributed by atoms with Gasteiger partial charge in [0.1, 0.15) is 17.2 Å². The molecule has 0 aliphatic rings. The standard InChI is InChI=1S/C14H10BrClFN3/c15-10-8-9(3-4-11(10)17)20-13(5-6-16)19-12-2-1-7-18-14(12)20/h1-4,7-8H,5-6H2. The Morgan fingerprint density at radius 1 is 1.30 bits per heavy atom. The zero-order valence-corrected chi connectivity index (χ0v) is 12.7. The Bertz CT molecular complexity index is 772. The highest BCUT2D eigenvalue weighted by atomic mass is 79.9. The Morgan fingerprint density at radius 3 is 2.90 bits per heavy atom. The fourth-order valence-electron chi connectivity index (χ4n) is 2.11. The van der Waals surface area contributed by atoms with Crippen LogP contribution in [0.2, 0.25) is 0 Å². The first-order valence-corrected chi connectivity index (χ1v) is 7.37. The van der Waals surface area contributed by atoms with Crippen LogP contribution in [0.1, 0.15) is 5.82 Å². The number of hydrogen-bond acceptors (Lipinski definition) is 2. The molecule has 0 saturated heterocycles. The third kappa shape index (κ3) is 2.31. The molecule has 3 nitrogen and oxygen atoms in total. The first-order valence-electron chi connectivity index (χ1n) is 6.04. The van der Waals surface area contributed by atoms with Crippen molar-refractivity contribution in [2.45, 2.75) is 6.42 Å². The molecule has 0 bridgehead atoms. The first kappa shape index (κ1) is 13.5. The lowest BCUT2D eigenvalue weighted by molar-refractivity contribution is 0.620. The van der Waals surface area contributed by atoms with E-state index in [0.29, 0.717) is 16.8 Å². The van der Waals surface area contributed by atoms with E-state index in [4.69, 9.17) is 11.6 Å². The quantitative estimate of drug-likeness (QED) is 0.663. The lowest BCUT2D eigenvalue weighted by Crippen LogP contribution is -2.03. The smallest absolute Gasteiger partial charge is 0.164 e. The molecule has 0 aliphatic heterocycles. The van der Waals surface area contributed by atoms with Gasteiger partial charge in [0, 0.05) is 18.5 Å². The Morgan fingerprint density at radius 2 is 2.15 bits per heavy atom. The average molecular weight is 355 g/mol. The molecule has 2 heterocycles. The second-order valence-electron chi connectivity index (χ2n) is 4.25. The van der Waals surface area contributed by atoms with E-state index in [1.807, 2.05) is 16.7 Å². The van der Waals surface area contributed by atoms with Gasteiger partial charge in [-0.1, -0.05) is 0 Å². The number of halogens is 3. The summed E-state index contributed by atoms with van der Waals surface area (Å²) in [6.45, 7) is 0. The number of hydrogen-bond donors (Lipinski definition) is 0. The molecule has 0 radical (unpaired) electrons. The molecule has 3 aromatic rings. The van der Waals surface area contributed by atoms with Crippen molar-refractivity contribution in [1.82, 2.24) is 14.5 Å². The summed E-state index contributed by atoms with van der Waals surface area (Å²) in [5.41, 5.74) is 2.35. The molecule has 0 spiro atoms. The summed E-state index contributed by atoms with van der Waals surface area (Å²) >= 11 is 9.04. The number of alkyl halides is 1. The van der Waals surface area contributed by atoms with Crippen LogP contribution in [0.25, 0.3) is 16.9 Å². The van der Waals surface area contributed by atoms with Crippen molar-refractivity contribution in [3.05, 3.63) is 52.6 Å². The monoisotopic (exact) mass is 353 g/mol. The molecule has 0 amide bonds. The molecule has 0 aliphatic carbocycles. The van der Waals surface area contributed by atoms with Crippen molar-refractivity contribution < 1.29 is 4.39 Å². The van der Waals surface area contributed by atoms with E-state index in [2.05, 4.69) is 25.9 Å². The zero-order valence-electron chi connectivity index (χ0n) is 10.4. The average Bonchev–Trinajstić information content (AvgIpc) is 2.80. The minimum atomic E-state index is -0.301. The van der Waals surface area contributed by atoms with Gasteiger partial charge in [-0.2, -0.15) is 0 Å². The lowest BCUT2D eigenvalue weighted by Gasteiger charge is -2.08. The maximum absolute atomic E-state index is 13.4. The summed E-state index contributed by atoms with van der Waals surface area (Å²) in [5.74, 6) is 0.975. The van der Waals surface area contributed by atoms with Crippen LogP contribution in [0.3, 0.4) is 0 Å². The van der Waals surface area contributed by atoms with Crippen molar-refractivity contribution in [3.8, 4) is 5.69 Å². The number of benzene rings is 1. The predicted octanol–water partition coefficient (Wildman–Crippen LogP) is 4.10. The van der Waals surface area contributed by atoms with Gasteiger partial charge in [0.15, 0.2) is 5.65 Å². The van der Waals surface area contributed by atoms with Gasteiger partial charge >= 0.3 is 0 Å². The fourth-order valence-corrected chi connectivity index (χ4v) is 2.64. The largest absolute Gasteiger partial charge is 0.281 e. The van der Waals surface area contributed by atoms with Crippen LogP contribution in [0.5, 0.6) is 0 Å². The Kier molecular flexibility index (Phi) is 3.72. The van der Waals surface area contributed by atoms with Crippen molar-refractivity contribution in [2.75, 3.05) is 5.88 Å². The summed E-state index contributed by atoms with van der Waals surface area (Å²) in [6, 6.07) is 8.56. The zero-order chi connectivity index (χ0) is 14.1. The minimum Gasteiger partial charge on any atom is -0.281 e. The number of aryl methyl sites for hydroxylation is 1. The third-order valence-electron chi connectivity index (χ3n) is 2.96. The molecule has 0 fully saturated rings. The topological polar surface area (TPSA) is 30.7 Å². The van der Waals surface area contributed by atoms with Gasteiger partial charge in [0.25, 0.3) is 0 Å². The van der Waals surface area contributed by atoms with E-state index in [1.54, 1.807) is 18.3 Å². The fraction of sp³-hybridized carbons (Fsp3) is 0.143. The van der Waals surface area contributed by atoms with E-state index in [0.717, 1.165) is 22.7 Å². The molecular weight excluding hydrogens is 345 g/mol. The highest BCUT2D eigenvalue weighted by Gasteiger charge is 2.13. The molecule has 0 N–H and O–H groups in total. The normalized spacial score (nSPS) is 11.2. The molecular formula is C14H10BrClFN3. The highest BCUT2D eigenvalue weighted by molar-refractivity contribution is 9.10. The summed E-state index contributed by atoms with van der Waals surface area (Å²) in [6.07, 6.45) is 2.33. The molecule has 1 aromatic carbocycles. The van der Waals surface area contributed by atoms with Gasteiger partial charge in [-0.3, -0.25) is 4.57 Å². The number of nitrogens with zero attached hydrogens (tertiary/aromatic N) is 3. The number of aromatic nitrogens is 3. The summed E-state index contributed by atoms with van der Waals surface area (Å²) < 4.78 is 15.7. The van der Waals surface area contributed by atoms with Crippen LogP contribution < -0.4 is 0 Å². The van der Waals surface area contributed by atoms with Crippen LogP contribution >= 0.6 is 27.5 Å². The number of imidazole rings is 1. The Labute approximate surface area is 128 Å². The van der Waals surface area contributed by atoms with Crippen molar-refractivity contribution in [2.24, 2.45) is 0 Å². The number of fused-ring (bicyclic) bond motifs is 1.